The van der Waals surface area contributed by atoms with Crippen LogP contribution in [0.1, 0.15) is 28.5 Å². The largest absolute Gasteiger partial charge is 0.496 e. The van der Waals surface area contributed by atoms with Gasteiger partial charge in [-0.3, -0.25) is 14.2 Å². The molecule has 1 atom stereocenters. The van der Waals surface area contributed by atoms with E-state index in [1.54, 1.807) is 17.4 Å². The third-order valence-corrected chi connectivity index (χ3v) is 7.05. The second-order valence-corrected chi connectivity index (χ2v) is 9.29. The molecule has 1 aromatic carbocycles. The predicted octanol–water partition coefficient (Wildman–Crippen LogP) is 2.85. The fourth-order valence-corrected chi connectivity index (χ4v) is 5.00. The van der Waals surface area contributed by atoms with Crippen LogP contribution in [0.4, 0.5) is 0 Å². The number of hydrazone groups is 1. The van der Waals surface area contributed by atoms with E-state index >= 15 is 0 Å². The number of methoxy groups -OCH3 is 1. The zero-order valence-corrected chi connectivity index (χ0v) is 20.3. The van der Waals surface area contributed by atoms with Crippen LogP contribution in [0.25, 0.3) is 11.0 Å². The third-order valence-electron chi connectivity index (χ3n) is 6.13. The van der Waals surface area contributed by atoms with Gasteiger partial charge in [0.15, 0.2) is 5.65 Å². The van der Waals surface area contributed by atoms with Gasteiger partial charge < -0.3 is 4.74 Å². The molecule has 0 spiro atoms. The normalized spacial score (nSPS) is 15.5. The summed E-state index contributed by atoms with van der Waals surface area (Å²) in [6, 6.07) is 13.0. The molecule has 35 heavy (non-hydrogen) atoms. The highest BCUT2D eigenvalue weighted by Crippen LogP contribution is 2.34. The number of rotatable bonds is 5. The molecule has 1 aliphatic heterocycles. The summed E-state index contributed by atoms with van der Waals surface area (Å²) in [4.78, 5) is 45.0. The Bertz CT molecular complexity index is 1570. The van der Waals surface area contributed by atoms with Gasteiger partial charge in [0.1, 0.15) is 17.7 Å². The van der Waals surface area contributed by atoms with Crippen LogP contribution in [0.15, 0.2) is 68.7 Å². The number of carbonyl (C=O) groups excluding carboxylic acids is 1. The van der Waals surface area contributed by atoms with Gasteiger partial charge in [0.25, 0.3) is 11.5 Å². The standard InChI is InChI=1S/C25H23N5O4S/c1-15-6-8-16(9-7-15)18-13-17(20-5-4-12-35-20)27-30(18)21(31)14-29-24(32)22-19(34-3)10-11-26-23(22)28(2)25(29)33/h4-12,18H,13-14H2,1-3H3. The number of thiophene rings is 1. The lowest BCUT2D eigenvalue weighted by molar-refractivity contribution is -0.133. The highest BCUT2D eigenvalue weighted by atomic mass is 32.1. The van der Waals surface area contributed by atoms with Crippen LogP contribution in [0.2, 0.25) is 0 Å². The van der Waals surface area contributed by atoms with Crippen molar-refractivity contribution in [2.75, 3.05) is 7.11 Å². The van der Waals surface area contributed by atoms with Crippen LogP contribution >= 0.6 is 11.3 Å². The Morgan fingerprint density at radius 3 is 2.63 bits per heavy atom. The van der Waals surface area contributed by atoms with Gasteiger partial charge in [0.2, 0.25) is 0 Å². The molecular formula is C25H23N5O4S. The number of ether oxygens (including phenoxy) is 1. The number of hydrogen-bond donors (Lipinski definition) is 0. The minimum absolute atomic E-state index is 0.143. The molecule has 4 heterocycles. The first kappa shape index (κ1) is 22.7. The number of fused-ring (bicyclic) bond motifs is 1. The summed E-state index contributed by atoms with van der Waals surface area (Å²) in [5.41, 5.74) is 1.77. The third kappa shape index (κ3) is 3.95. The van der Waals surface area contributed by atoms with Crippen molar-refractivity contribution >= 4 is 34.0 Å². The van der Waals surface area contributed by atoms with Crippen LogP contribution in [-0.2, 0) is 18.4 Å². The maximum atomic E-state index is 13.6. The minimum atomic E-state index is -0.634. The van der Waals surface area contributed by atoms with Gasteiger partial charge in [-0.05, 0) is 30.0 Å². The Morgan fingerprint density at radius 1 is 1.17 bits per heavy atom. The molecule has 5 rings (SSSR count). The predicted molar refractivity (Wildman–Crippen MR) is 134 cm³/mol. The fraction of sp³-hybridized carbons (Fsp3) is 0.240. The van der Waals surface area contributed by atoms with Crippen molar-refractivity contribution in [2.24, 2.45) is 12.1 Å². The lowest BCUT2D eigenvalue weighted by atomic mass is 10.00. The quantitative estimate of drug-likeness (QED) is 0.429. The summed E-state index contributed by atoms with van der Waals surface area (Å²) in [6.07, 6.45) is 2.00. The molecule has 1 unspecified atom stereocenters. The zero-order chi connectivity index (χ0) is 24.7. The van der Waals surface area contributed by atoms with Crippen molar-refractivity contribution in [3.63, 3.8) is 0 Å². The Balaban J connectivity index is 1.57. The van der Waals surface area contributed by atoms with Gasteiger partial charge in [0.05, 0.1) is 23.7 Å². The number of aromatic nitrogens is 3. The SMILES string of the molecule is COc1ccnc2c1c(=O)n(CC(=O)N1N=C(c3cccs3)CC1c1ccc(C)cc1)c(=O)n2C. The second kappa shape index (κ2) is 8.95. The fourth-order valence-electron chi connectivity index (χ4n) is 4.28. The molecule has 0 fully saturated rings. The average molecular weight is 490 g/mol. The van der Waals surface area contributed by atoms with E-state index in [1.165, 1.54) is 29.9 Å². The van der Waals surface area contributed by atoms with Crippen molar-refractivity contribution in [2.45, 2.75) is 25.9 Å². The molecule has 0 aliphatic carbocycles. The Morgan fingerprint density at radius 2 is 1.94 bits per heavy atom. The summed E-state index contributed by atoms with van der Waals surface area (Å²) in [6.45, 7) is 1.54. The first-order valence-electron chi connectivity index (χ1n) is 11.0. The molecule has 0 radical (unpaired) electrons. The molecule has 0 saturated heterocycles. The smallest absolute Gasteiger partial charge is 0.332 e. The Hall–Kier alpha value is -4.05. The molecule has 0 N–H and O–H groups in total. The molecular weight excluding hydrogens is 466 g/mol. The number of hydrogen-bond acceptors (Lipinski definition) is 7. The average Bonchev–Trinajstić information content (AvgIpc) is 3.55. The molecule has 3 aromatic heterocycles. The number of pyridine rings is 1. The lowest BCUT2D eigenvalue weighted by Crippen LogP contribution is -2.43. The molecule has 1 aliphatic rings. The van der Waals surface area contributed by atoms with Crippen molar-refractivity contribution in [1.29, 1.82) is 0 Å². The molecule has 10 heteroatoms. The van der Waals surface area contributed by atoms with Crippen LogP contribution < -0.4 is 16.0 Å². The van der Waals surface area contributed by atoms with Gasteiger partial charge in [0, 0.05) is 19.7 Å². The van der Waals surface area contributed by atoms with Crippen LogP contribution in [-0.4, -0.2) is 37.9 Å². The molecule has 0 saturated carbocycles. The highest BCUT2D eigenvalue weighted by Gasteiger charge is 2.34. The van der Waals surface area contributed by atoms with E-state index in [0.29, 0.717) is 6.42 Å². The van der Waals surface area contributed by atoms with Gasteiger partial charge in [-0.1, -0.05) is 35.9 Å². The number of aryl methyl sites for hydroxylation is 2. The second-order valence-electron chi connectivity index (χ2n) is 8.34. The Kier molecular flexibility index (Phi) is 5.81. The molecule has 0 bridgehead atoms. The van der Waals surface area contributed by atoms with E-state index in [2.05, 4.69) is 10.1 Å². The summed E-state index contributed by atoms with van der Waals surface area (Å²) in [5.74, 6) is -0.169. The number of benzene rings is 1. The van der Waals surface area contributed by atoms with E-state index in [-0.39, 0.29) is 22.8 Å². The summed E-state index contributed by atoms with van der Waals surface area (Å²) >= 11 is 1.55. The first-order valence-corrected chi connectivity index (χ1v) is 11.9. The summed E-state index contributed by atoms with van der Waals surface area (Å²) < 4.78 is 7.48. The number of amides is 1. The minimum Gasteiger partial charge on any atom is -0.496 e. The van der Waals surface area contributed by atoms with E-state index in [9.17, 15) is 14.4 Å². The molecule has 1 amide bonds. The van der Waals surface area contributed by atoms with E-state index < -0.39 is 23.7 Å². The van der Waals surface area contributed by atoms with Gasteiger partial charge in [-0.2, -0.15) is 5.10 Å². The van der Waals surface area contributed by atoms with Crippen molar-refractivity contribution in [3.05, 3.63) is 90.9 Å². The Labute approximate surface area is 204 Å². The summed E-state index contributed by atoms with van der Waals surface area (Å²) in [7, 11) is 2.95. The number of carbonyl (C=O) groups is 1. The van der Waals surface area contributed by atoms with Gasteiger partial charge in [-0.15, -0.1) is 11.3 Å². The maximum absolute atomic E-state index is 13.6. The monoisotopic (exact) mass is 489 g/mol. The molecule has 4 aromatic rings. The molecule has 178 valence electrons. The van der Waals surface area contributed by atoms with Crippen LogP contribution in [0, 0.1) is 6.92 Å². The van der Waals surface area contributed by atoms with E-state index in [0.717, 1.165) is 26.3 Å². The highest BCUT2D eigenvalue weighted by molar-refractivity contribution is 7.12. The lowest BCUT2D eigenvalue weighted by Gasteiger charge is -2.22. The van der Waals surface area contributed by atoms with E-state index in [4.69, 9.17) is 4.74 Å². The van der Waals surface area contributed by atoms with Crippen LogP contribution in [0.5, 0.6) is 5.75 Å². The van der Waals surface area contributed by atoms with Crippen molar-refractivity contribution in [1.82, 2.24) is 19.1 Å². The zero-order valence-electron chi connectivity index (χ0n) is 19.5. The van der Waals surface area contributed by atoms with Gasteiger partial charge >= 0.3 is 5.69 Å². The topological polar surface area (TPSA) is 98.8 Å². The molecule has 9 nitrogen and oxygen atoms in total. The van der Waals surface area contributed by atoms with E-state index in [1.807, 2.05) is 48.7 Å². The van der Waals surface area contributed by atoms with Crippen molar-refractivity contribution in [3.8, 4) is 5.75 Å². The number of nitrogens with zero attached hydrogens (tertiary/aromatic N) is 5. The van der Waals surface area contributed by atoms with Gasteiger partial charge in [-0.25, -0.2) is 19.4 Å². The van der Waals surface area contributed by atoms with Crippen LogP contribution in [0.3, 0.4) is 0 Å². The first-order chi connectivity index (χ1) is 16.9. The maximum Gasteiger partial charge on any atom is 0.332 e. The summed E-state index contributed by atoms with van der Waals surface area (Å²) in [5, 5.41) is 8.14. The van der Waals surface area contributed by atoms with Crippen molar-refractivity contribution < 1.29 is 9.53 Å².